The molecular weight excluding hydrogens is 492 g/mol. The van der Waals surface area contributed by atoms with Gasteiger partial charge in [-0.2, -0.15) is 0 Å². The summed E-state index contributed by atoms with van der Waals surface area (Å²) < 4.78 is 0. The number of hydrogen-bond donors (Lipinski definition) is 4. The molecule has 2 aromatic carbocycles. The van der Waals surface area contributed by atoms with E-state index in [1.54, 1.807) is 12.1 Å². The van der Waals surface area contributed by atoms with Crippen molar-refractivity contribution in [2.45, 2.75) is 130 Å². The van der Waals surface area contributed by atoms with Gasteiger partial charge in [-0.15, -0.1) is 0 Å². The van der Waals surface area contributed by atoms with Gasteiger partial charge < -0.3 is 21.7 Å². The predicted molar refractivity (Wildman–Crippen MR) is 173 cm³/mol. The second-order valence-electron chi connectivity index (χ2n) is 11.5. The third-order valence-electron chi connectivity index (χ3n) is 8.17. The molecule has 0 fully saturated rings. The minimum atomic E-state index is 0.203. The maximum atomic E-state index is 10.6. The number of aryl methyl sites for hydroxylation is 2. The molecule has 0 aliphatic heterocycles. The average Bonchev–Trinajstić information content (AvgIpc) is 2.96. The largest absolute Gasteiger partial charge is 0.507 e. The Labute approximate surface area is 244 Å². The summed E-state index contributed by atoms with van der Waals surface area (Å²) in [5.74, 6) is 0.405. The molecule has 4 nitrogen and oxygen atoms in total. The highest BCUT2D eigenvalue weighted by Crippen LogP contribution is 2.33. The summed E-state index contributed by atoms with van der Waals surface area (Å²) in [7, 11) is 0. The average molecular weight is 549 g/mol. The lowest BCUT2D eigenvalue weighted by molar-refractivity contribution is 0.472. The van der Waals surface area contributed by atoms with Gasteiger partial charge in [0.1, 0.15) is 11.5 Å². The zero-order valence-electron chi connectivity index (χ0n) is 25.8. The lowest BCUT2D eigenvalue weighted by Gasteiger charge is -2.16. The van der Waals surface area contributed by atoms with E-state index in [0.29, 0.717) is 22.5 Å². The normalized spacial score (nSPS) is 12.8. The fourth-order valence-corrected chi connectivity index (χ4v) is 5.34. The van der Waals surface area contributed by atoms with E-state index in [1.807, 2.05) is 38.1 Å². The van der Waals surface area contributed by atoms with Crippen LogP contribution in [0.15, 0.2) is 47.8 Å². The molecule has 0 amide bonds. The highest BCUT2D eigenvalue weighted by molar-refractivity contribution is 5.80. The Hall–Kier alpha value is -2.88. The molecule has 0 radical (unpaired) electrons. The van der Waals surface area contributed by atoms with Crippen LogP contribution in [0.1, 0.15) is 140 Å². The summed E-state index contributed by atoms with van der Waals surface area (Å²) in [6.45, 7) is 8.30. The topological polar surface area (TPSA) is 92.5 Å². The van der Waals surface area contributed by atoms with Crippen molar-refractivity contribution in [3.8, 4) is 11.5 Å². The number of aromatic hydroxyl groups is 2. The lowest BCUT2D eigenvalue weighted by Crippen LogP contribution is -2.13. The van der Waals surface area contributed by atoms with E-state index in [9.17, 15) is 10.2 Å². The summed E-state index contributed by atoms with van der Waals surface area (Å²) in [6, 6.07) is 11.6. The fourth-order valence-electron chi connectivity index (χ4n) is 5.34. The molecule has 222 valence electrons. The molecule has 4 heteroatoms. The molecule has 0 saturated heterocycles. The number of benzene rings is 2. The lowest BCUT2D eigenvalue weighted by atomic mass is 9.94. The molecule has 0 aromatic heterocycles. The van der Waals surface area contributed by atoms with Crippen LogP contribution in [0.2, 0.25) is 0 Å². The zero-order chi connectivity index (χ0) is 29.3. The van der Waals surface area contributed by atoms with Crippen LogP contribution in [0.5, 0.6) is 11.5 Å². The van der Waals surface area contributed by atoms with Gasteiger partial charge >= 0.3 is 0 Å². The van der Waals surface area contributed by atoms with E-state index in [0.717, 1.165) is 36.8 Å². The van der Waals surface area contributed by atoms with Gasteiger partial charge in [-0.25, -0.2) is 0 Å². The first-order chi connectivity index (χ1) is 19.3. The van der Waals surface area contributed by atoms with Crippen molar-refractivity contribution in [1.82, 2.24) is 0 Å². The Morgan fingerprint density at radius 3 is 1.20 bits per heavy atom. The molecule has 0 unspecified atom stereocenters. The Morgan fingerprint density at radius 2 is 0.850 bits per heavy atom. The van der Waals surface area contributed by atoms with E-state index in [2.05, 4.69) is 13.8 Å². The van der Waals surface area contributed by atoms with Gasteiger partial charge in [0, 0.05) is 11.1 Å². The molecule has 0 aliphatic rings. The first kappa shape index (κ1) is 33.3. The fraction of sp³-hybridized carbons (Fsp3) is 0.556. The summed E-state index contributed by atoms with van der Waals surface area (Å²) in [4.78, 5) is 0. The number of nitrogens with two attached hydrogens (primary N) is 2. The van der Waals surface area contributed by atoms with Gasteiger partial charge in [-0.05, 0) is 86.1 Å². The van der Waals surface area contributed by atoms with Crippen molar-refractivity contribution in [2.24, 2.45) is 11.5 Å². The molecule has 0 spiro atoms. The van der Waals surface area contributed by atoms with Crippen LogP contribution in [0.3, 0.4) is 0 Å². The molecule has 2 rings (SSSR count). The van der Waals surface area contributed by atoms with Gasteiger partial charge in [0.15, 0.2) is 0 Å². The van der Waals surface area contributed by atoms with Crippen LogP contribution in [-0.2, 0) is 12.8 Å². The van der Waals surface area contributed by atoms with Crippen LogP contribution < -0.4 is 11.5 Å². The van der Waals surface area contributed by atoms with Crippen LogP contribution in [0, 0.1) is 0 Å². The molecule has 0 saturated carbocycles. The van der Waals surface area contributed by atoms with Gasteiger partial charge in [0.25, 0.3) is 0 Å². The molecule has 40 heavy (non-hydrogen) atoms. The van der Waals surface area contributed by atoms with Crippen LogP contribution >= 0.6 is 0 Å². The minimum absolute atomic E-state index is 0.203. The summed E-state index contributed by atoms with van der Waals surface area (Å²) in [5.41, 5.74) is 19.3. The van der Waals surface area contributed by atoms with Crippen LogP contribution in [0.25, 0.3) is 11.1 Å². The first-order valence-corrected chi connectivity index (χ1v) is 15.9. The number of hydrogen-bond acceptors (Lipinski definition) is 4. The highest BCUT2D eigenvalue weighted by atomic mass is 16.3. The van der Waals surface area contributed by atoms with Crippen molar-refractivity contribution in [3.05, 3.63) is 70.0 Å². The molecular formula is C36H56N2O2. The van der Waals surface area contributed by atoms with E-state index in [-0.39, 0.29) is 11.5 Å². The molecule has 0 aliphatic carbocycles. The van der Waals surface area contributed by atoms with E-state index in [1.165, 1.54) is 88.2 Å². The standard InChI is InChI=1S/C36H56N2O2/c1-5-7-9-11-13-15-17-19-29-21-23-33(39)31(25-29)27(3)35(37)36(38)28(4)32-26-30(22-24-34(32)40)20-18-16-14-12-10-8-6-2/h21-26,39-40H,5-20,37-38H2,1-4H3. The number of unbranched alkanes of at least 4 members (excludes halogenated alkanes) is 12. The van der Waals surface area contributed by atoms with Crippen molar-refractivity contribution in [2.75, 3.05) is 0 Å². The van der Waals surface area contributed by atoms with Crippen molar-refractivity contribution in [1.29, 1.82) is 0 Å². The molecule has 0 atom stereocenters. The Balaban J connectivity index is 2.11. The van der Waals surface area contributed by atoms with Crippen molar-refractivity contribution >= 4 is 11.1 Å². The Kier molecular flexibility index (Phi) is 15.4. The van der Waals surface area contributed by atoms with Gasteiger partial charge in [0.2, 0.25) is 0 Å². The number of phenolic OH excluding ortho intramolecular Hbond substituents is 2. The van der Waals surface area contributed by atoms with E-state index in [4.69, 9.17) is 11.5 Å². The van der Waals surface area contributed by atoms with E-state index < -0.39 is 0 Å². The van der Waals surface area contributed by atoms with E-state index >= 15 is 0 Å². The summed E-state index contributed by atoms with van der Waals surface area (Å²) in [5, 5.41) is 21.3. The SMILES string of the molecule is CCCCCCCCCc1ccc(O)c(C(C)=C(N)C(N)=C(C)c2cc(CCCCCCCCC)ccc2O)c1. The minimum Gasteiger partial charge on any atom is -0.507 e. The molecule has 6 N–H and O–H groups in total. The second kappa shape index (κ2) is 18.5. The molecule has 2 aromatic rings. The van der Waals surface area contributed by atoms with Crippen LogP contribution in [-0.4, -0.2) is 10.2 Å². The number of phenols is 2. The third kappa shape index (κ3) is 10.9. The summed E-state index contributed by atoms with van der Waals surface area (Å²) in [6.07, 6.45) is 19.8. The van der Waals surface area contributed by atoms with Gasteiger partial charge in [-0.1, -0.05) is 103 Å². The number of rotatable bonds is 19. The van der Waals surface area contributed by atoms with Gasteiger partial charge in [0.05, 0.1) is 11.4 Å². The second-order valence-corrected chi connectivity index (χ2v) is 11.5. The Bertz CT molecular complexity index is 1010. The highest BCUT2D eigenvalue weighted by Gasteiger charge is 2.14. The first-order valence-electron chi connectivity index (χ1n) is 15.9. The van der Waals surface area contributed by atoms with Crippen LogP contribution in [0.4, 0.5) is 0 Å². The smallest absolute Gasteiger partial charge is 0.123 e. The summed E-state index contributed by atoms with van der Waals surface area (Å²) >= 11 is 0. The van der Waals surface area contributed by atoms with Crippen molar-refractivity contribution in [3.63, 3.8) is 0 Å². The molecule has 0 heterocycles. The quantitative estimate of drug-likeness (QED) is 0.104. The number of allylic oxidation sites excluding steroid dienone is 2. The maximum absolute atomic E-state index is 10.6. The monoisotopic (exact) mass is 548 g/mol. The Morgan fingerprint density at radius 1 is 0.525 bits per heavy atom. The van der Waals surface area contributed by atoms with Gasteiger partial charge in [-0.3, -0.25) is 0 Å². The maximum Gasteiger partial charge on any atom is 0.123 e. The molecule has 0 bridgehead atoms. The predicted octanol–water partition coefficient (Wildman–Crippen LogP) is 9.76. The zero-order valence-corrected chi connectivity index (χ0v) is 25.8. The van der Waals surface area contributed by atoms with Crippen molar-refractivity contribution < 1.29 is 10.2 Å². The third-order valence-corrected chi connectivity index (χ3v) is 8.17.